The number of piperidine rings is 1. The normalized spacial score (nSPS) is 17.0. The van der Waals surface area contributed by atoms with Crippen molar-refractivity contribution in [2.24, 2.45) is 5.73 Å². The van der Waals surface area contributed by atoms with Crippen LogP contribution in [-0.2, 0) is 10.0 Å². The number of carbonyl (C=O) groups excluding carboxylic acids is 1. The van der Waals surface area contributed by atoms with E-state index in [0.717, 1.165) is 0 Å². The molecule has 0 unspecified atom stereocenters. The lowest BCUT2D eigenvalue weighted by molar-refractivity contribution is 0.0997. The van der Waals surface area contributed by atoms with E-state index in [2.05, 4.69) is 0 Å². The molecule has 1 aliphatic rings. The fourth-order valence-electron chi connectivity index (χ4n) is 2.60. The number of nitrogens with two attached hydrogens (primary N) is 1. The maximum absolute atomic E-state index is 11.5. The summed E-state index contributed by atoms with van der Waals surface area (Å²) in [5, 5.41) is 0. The number of sulfonamides is 1. The van der Waals surface area contributed by atoms with Crippen LogP contribution in [0.25, 0.3) is 0 Å². The van der Waals surface area contributed by atoms with Gasteiger partial charge in [-0.2, -0.15) is 0 Å². The zero-order chi connectivity index (χ0) is 17.9. The second-order valence-electron chi connectivity index (χ2n) is 6.20. The van der Waals surface area contributed by atoms with Crippen LogP contribution in [0.1, 0.15) is 37.0 Å². The van der Waals surface area contributed by atoms with Gasteiger partial charge in [0.2, 0.25) is 15.9 Å². The smallest absolute Gasteiger partial charge is 0.248 e. The van der Waals surface area contributed by atoms with Crippen LogP contribution in [0.5, 0.6) is 11.5 Å². The molecule has 0 saturated carbocycles. The van der Waals surface area contributed by atoms with Gasteiger partial charge in [0.15, 0.2) is 0 Å². The molecule has 2 rings (SSSR count). The van der Waals surface area contributed by atoms with Crippen molar-refractivity contribution in [3.05, 3.63) is 23.8 Å². The average molecular weight is 356 g/mol. The Labute approximate surface area is 142 Å². The third kappa shape index (κ3) is 5.10. The van der Waals surface area contributed by atoms with Gasteiger partial charge >= 0.3 is 0 Å². The van der Waals surface area contributed by atoms with E-state index in [1.54, 1.807) is 18.2 Å². The number of carbonyl (C=O) groups is 1. The van der Waals surface area contributed by atoms with Gasteiger partial charge in [0.1, 0.15) is 17.6 Å². The summed E-state index contributed by atoms with van der Waals surface area (Å²) in [6.45, 7) is 4.62. The Hall–Kier alpha value is -1.80. The van der Waals surface area contributed by atoms with Gasteiger partial charge < -0.3 is 15.2 Å². The highest BCUT2D eigenvalue weighted by Crippen LogP contribution is 2.27. The van der Waals surface area contributed by atoms with E-state index in [0.29, 0.717) is 43.0 Å². The number of amides is 1. The van der Waals surface area contributed by atoms with E-state index in [9.17, 15) is 13.2 Å². The molecule has 1 aliphatic heterocycles. The van der Waals surface area contributed by atoms with E-state index in [4.69, 9.17) is 15.2 Å². The Balaban J connectivity index is 2.09. The van der Waals surface area contributed by atoms with E-state index >= 15 is 0 Å². The van der Waals surface area contributed by atoms with Gasteiger partial charge in [0, 0.05) is 24.7 Å². The second kappa shape index (κ2) is 7.40. The predicted octanol–water partition coefficient (Wildman–Crippen LogP) is 1.38. The van der Waals surface area contributed by atoms with E-state index in [1.807, 2.05) is 13.8 Å². The van der Waals surface area contributed by atoms with Crippen LogP contribution >= 0.6 is 0 Å². The van der Waals surface area contributed by atoms with Crippen LogP contribution < -0.4 is 15.2 Å². The summed E-state index contributed by atoms with van der Waals surface area (Å²) in [5.74, 6) is 0.463. The number of hydrogen-bond acceptors (Lipinski definition) is 5. The fourth-order valence-corrected chi connectivity index (χ4v) is 3.47. The number of benzene rings is 1. The zero-order valence-corrected chi connectivity index (χ0v) is 15.0. The maximum atomic E-state index is 11.5. The highest BCUT2D eigenvalue weighted by molar-refractivity contribution is 7.88. The van der Waals surface area contributed by atoms with Crippen molar-refractivity contribution < 1.29 is 22.7 Å². The molecule has 7 nitrogen and oxygen atoms in total. The van der Waals surface area contributed by atoms with Crippen LogP contribution in [0.4, 0.5) is 0 Å². The van der Waals surface area contributed by atoms with Gasteiger partial charge in [-0.15, -0.1) is 0 Å². The summed E-state index contributed by atoms with van der Waals surface area (Å²) in [7, 11) is -3.16. The van der Waals surface area contributed by atoms with E-state index in [-0.39, 0.29) is 12.2 Å². The summed E-state index contributed by atoms with van der Waals surface area (Å²) >= 11 is 0. The van der Waals surface area contributed by atoms with Gasteiger partial charge in [-0.05, 0) is 38.8 Å². The first kappa shape index (κ1) is 18.5. The number of rotatable bonds is 6. The molecular formula is C16H24N2O5S. The molecular weight excluding hydrogens is 332 g/mol. The first-order valence-corrected chi connectivity index (χ1v) is 9.73. The van der Waals surface area contributed by atoms with Crippen molar-refractivity contribution in [3.8, 4) is 11.5 Å². The maximum Gasteiger partial charge on any atom is 0.248 e. The lowest BCUT2D eigenvalue weighted by Gasteiger charge is -2.30. The summed E-state index contributed by atoms with van der Waals surface area (Å²) in [4.78, 5) is 11.5. The summed E-state index contributed by atoms with van der Waals surface area (Å²) in [5.41, 5.74) is 5.67. The molecule has 1 heterocycles. The lowest BCUT2D eigenvalue weighted by Crippen LogP contribution is -2.41. The monoisotopic (exact) mass is 356 g/mol. The Morgan fingerprint density at radius 1 is 1.21 bits per heavy atom. The molecule has 0 atom stereocenters. The van der Waals surface area contributed by atoms with Crippen LogP contribution in [0.2, 0.25) is 0 Å². The van der Waals surface area contributed by atoms with Crippen molar-refractivity contribution in [2.45, 2.75) is 38.9 Å². The molecule has 0 spiro atoms. The molecule has 8 heteroatoms. The van der Waals surface area contributed by atoms with Crippen molar-refractivity contribution in [3.63, 3.8) is 0 Å². The van der Waals surface area contributed by atoms with Crippen molar-refractivity contribution >= 4 is 15.9 Å². The molecule has 1 saturated heterocycles. The molecule has 0 aromatic heterocycles. The predicted molar refractivity (Wildman–Crippen MR) is 90.8 cm³/mol. The lowest BCUT2D eigenvalue weighted by atomic mass is 10.1. The van der Waals surface area contributed by atoms with Gasteiger partial charge in [-0.25, -0.2) is 12.7 Å². The molecule has 134 valence electrons. The molecule has 0 radical (unpaired) electrons. The van der Waals surface area contributed by atoms with Crippen molar-refractivity contribution in [1.82, 2.24) is 4.31 Å². The third-order valence-electron chi connectivity index (χ3n) is 3.71. The second-order valence-corrected chi connectivity index (χ2v) is 8.19. The minimum atomic E-state index is -3.16. The molecule has 1 fully saturated rings. The largest absolute Gasteiger partial charge is 0.491 e. The minimum Gasteiger partial charge on any atom is -0.491 e. The van der Waals surface area contributed by atoms with E-state index < -0.39 is 15.9 Å². The van der Waals surface area contributed by atoms with Crippen LogP contribution in [-0.4, -0.2) is 50.2 Å². The first-order chi connectivity index (χ1) is 11.1. The molecule has 1 aromatic carbocycles. The minimum absolute atomic E-state index is 0.0426. The number of ether oxygens (including phenoxy) is 2. The Morgan fingerprint density at radius 3 is 2.29 bits per heavy atom. The fraction of sp³-hybridized carbons (Fsp3) is 0.562. The SMILES string of the molecule is CC(C)Oc1cc(OC2CCN(S(C)(=O)=O)CC2)cc(C(N)=O)c1. The molecule has 2 N–H and O–H groups in total. The summed E-state index contributed by atoms with van der Waals surface area (Å²) in [6, 6.07) is 4.88. The average Bonchev–Trinajstić information content (AvgIpc) is 2.45. The quantitative estimate of drug-likeness (QED) is 0.830. The standard InChI is InChI=1S/C16H24N2O5S/c1-11(2)22-14-8-12(16(17)19)9-15(10-14)23-13-4-6-18(7-5-13)24(3,20)21/h8-11,13H,4-7H2,1-3H3,(H2,17,19). The van der Waals surface area contributed by atoms with Gasteiger partial charge in [-0.3, -0.25) is 4.79 Å². The van der Waals surface area contributed by atoms with Crippen molar-refractivity contribution in [1.29, 1.82) is 0 Å². The third-order valence-corrected chi connectivity index (χ3v) is 5.01. The molecule has 1 amide bonds. The summed E-state index contributed by atoms with van der Waals surface area (Å²) in [6.07, 6.45) is 2.24. The van der Waals surface area contributed by atoms with Crippen LogP contribution in [0.15, 0.2) is 18.2 Å². The number of primary amides is 1. The van der Waals surface area contributed by atoms with Crippen LogP contribution in [0.3, 0.4) is 0 Å². The Kier molecular flexibility index (Phi) is 5.71. The van der Waals surface area contributed by atoms with E-state index in [1.165, 1.54) is 10.6 Å². The van der Waals surface area contributed by atoms with Gasteiger partial charge in [-0.1, -0.05) is 0 Å². The Bertz CT molecular complexity index is 694. The highest BCUT2D eigenvalue weighted by Gasteiger charge is 2.26. The number of hydrogen-bond donors (Lipinski definition) is 1. The van der Waals surface area contributed by atoms with Gasteiger partial charge in [0.05, 0.1) is 12.4 Å². The van der Waals surface area contributed by atoms with Crippen molar-refractivity contribution in [2.75, 3.05) is 19.3 Å². The van der Waals surface area contributed by atoms with Gasteiger partial charge in [0.25, 0.3) is 0 Å². The zero-order valence-electron chi connectivity index (χ0n) is 14.2. The molecule has 24 heavy (non-hydrogen) atoms. The Morgan fingerprint density at radius 2 is 1.79 bits per heavy atom. The highest BCUT2D eigenvalue weighted by atomic mass is 32.2. The molecule has 1 aromatic rings. The number of nitrogens with zero attached hydrogens (tertiary/aromatic N) is 1. The van der Waals surface area contributed by atoms with Crippen LogP contribution in [0, 0.1) is 0 Å². The molecule has 0 aliphatic carbocycles. The first-order valence-electron chi connectivity index (χ1n) is 7.88. The molecule has 0 bridgehead atoms. The summed E-state index contributed by atoms with van der Waals surface area (Å²) < 4.78 is 36.1. The topological polar surface area (TPSA) is 98.9 Å².